The molecule has 0 saturated carbocycles. The van der Waals surface area contributed by atoms with E-state index in [1.807, 2.05) is 47.6 Å². The first kappa shape index (κ1) is 39.9. The van der Waals surface area contributed by atoms with Gasteiger partial charge in [0.25, 0.3) is 0 Å². The van der Waals surface area contributed by atoms with Gasteiger partial charge in [-0.05, 0) is 73.1 Å². The number of unbranched alkanes of at least 4 members (excludes halogenated alkanes) is 1. The average Bonchev–Trinajstić information content (AvgIpc) is 3.39. The lowest BCUT2D eigenvalue weighted by atomic mass is 9.92. The second kappa shape index (κ2) is 20.8. The van der Waals surface area contributed by atoms with E-state index in [0.29, 0.717) is 6.54 Å². The zero-order valence-corrected chi connectivity index (χ0v) is 30.7. The first-order valence-corrected chi connectivity index (χ1v) is 17.4. The molecule has 45 heavy (non-hydrogen) atoms. The Morgan fingerprint density at radius 1 is 0.956 bits per heavy atom. The van der Waals surface area contributed by atoms with Crippen LogP contribution in [0.3, 0.4) is 0 Å². The molecule has 0 spiro atoms. The van der Waals surface area contributed by atoms with Crippen molar-refractivity contribution < 1.29 is 0 Å². The number of nitrogens with two attached hydrogens (primary N) is 1. The predicted octanol–water partition coefficient (Wildman–Crippen LogP) is 12.4. The summed E-state index contributed by atoms with van der Waals surface area (Å²) in [6, 6.07) is 21.3. The van der Waals surface area contributed by atoms with E-state index < -0.39 is 0 Å². The molecule has 0 aliphatic carbocycles. The highest BCUT2D eigenvalue weighted by molar-refractivity contribution is 6.23. The third-order valence-corrected chi connectivity index (χ3v) is 7.47. The number of alkyl halides is 1. The zero-order chi connectivity index (χ0) is 34.0. The third kappa shape index (κ3) is 11.3. The van der Waals surface area contributed by atoms with Crippen LogP contribution < -0.4 is 5.73 Å². The standard InChI is InChI=1S/C19H28ClN3.C18H20.2C2H6/c1-5-6-11-17-22-16(12-21)18(23(17)13-19(3,4)20)15-10-8-7-9-14(15)2;1-4-9-14(5-2)18-13-12-15-10-7-8-11-17(15)16(18)6-3;2*1-2/h7-10H,5-6,11-13,21H2,1-4H3;6-13H,3-5H2,1-2H3;2*1-2H3/b;14-9-;;. The molecular formula is C41H60ClN3. The van der Waals surface area contributed by atoms with Crippen LogP contribution in [0.25, 0.3) is 33.7 Å². The van der Waals surface area contributed by atoms with E-state index >= 15 is 0 Å². The van der Waals surface area contributed by atoms with Crippen LogP contribution in [-0.4, -0.2) is 14.4 Å². The molecular weight excluding hydrogens is 570 g/mol. The minimum atomic E-state index is -0.328. The van der Waals surface area contributed by atoms with E-state index in [1.165, 1.54) is 38.6 Å². The van der Waals surface area contributed by atoms with Crippen molar-refractivity contribution in [1.82, 2.24) is 9.55 Å². The molecule has 1 aromatic heterocycles. The fourth-order valence-electron chi connectivity index (χ4n) is 5.39. The first-order valence-electron chi connectivity index (χ1n) is 17.1. The molecule has 0 radical (unpaired) electrons. The molecule has 3 aromatic carbocycles. The van der Waals surface area contributed by atoms with E-state index in [2.05, 4.69) is 106 Å². The second-order valence-corrected chi connectivity index (χ2v) is 12.2. The van der Waals surface area contributed by atoms with Crippen molar-refractivity contribution in [3.05, 3.63) is 102 Å². The predicted molar refractivity (Wildman–Crippen MR) is 204 cm³/mol. The molecule has 0 fully saturated rings. The van der Waals surface area contributed by atoms with Crippen LogP contribution in [0.5, 0.6) is 0 Å². The van der Waals surface area contributed by atoms with E-state index in [1.54, 1.807) is 0 Å². The fourth-order valence-corrected chi connectivity index (χ4v) is 5.51. The van der Waals surface area contributed by atoms with Gasteiger partial charge in [0, 0.05) is 25.1 Å². The van der Waals surface area contributed by atoms with Crippen molar-refractivity contribution in [3.8, 4) is 11.3 Å². The fraction of sp³-hybridized carbons (Fsp3) is 0.439. The molecule has 4 aromatic rings. The summed E-state index contributed by atoms with van der Waals surface area (Å²) >= 11 is 6.55. The highest BCUT2D eigenvalue weighted by Crippen LogP contribution is 2.32. The van der Waals surface area contributed by atoms with E-state index in [0.717, 1.165) is 55.9 Å². The molecule has 0 atom stereocenters. The highest BCUT2D eigenvalue weighted by atomic mass is 35.5. The van der Waals surface area contributed by atoms with Crippen LogP contribution in [0.4, 0.5) is 0 Å². The summed E-state index contributed by atoms with van der Waals surface area (Å²) in [5.74, 6) is 1.10. The minimum Gasteiger partial charge on any atom is -0.326 e. The number of rotatable bonds is 11. The van der Waals surface area contributed by atoms with Crippen molar-refractivity contribution in [1.29, 1.82) is 0 Å². The lowest BCUT2D eigenvalue weighted by Gasteiger charge is -2.21. The number of aromatic nitrogens is 2. The number of hydrogen-bond donors (Lipinski definition) is 1. The van der Waals surface area contributed by atoms with E-state index in [4.69, 9.17) is 22.3 Å². The van der Waals surface area contributed by atoms with Gasteiger partial charge in [-0.2, -0.15) is 0 Å². The van der Waals surface area contributed by atoms with Gasteiger partial charge in [-0.15, -0.1) is 11.6 Å². The summed E-state index contributed by atoms with van der Waals surface area (Å²) in [6.07, 6.45) is 9.67. The lowest BCUT2D eigenvalue weighted by molar-refractivity contribution is 0.536. The summed E-state index contributed by atoms with van der Waals surface area (Å²) < 4.78 is 2.28. The number of hydrogen-bond acceptors (Lipinski definition) is 2. The van der Waals surface area contributed by atoms with Gasteiger partial charge in [0.1, 0.15) is 5.82 Å². The number of allylic oxidation sites excluding steroid dienone is 2. The lowest BCUT2D eigenvalue weighted by Crippen LogP contribution is -2.22. The molecule has 0 unspecified atom stereocenters. The van der Waals surface area contributed by atoms with Gasteiger partial charge < -0.3 is 10.3 Å². The molecule has 0 saturated heterocycles. The maximum absolute atomic E-state index is 6.55. The van der Waals surface area contributed by atoms with Gasteiger partial charge in [-0.25, -0.2) is 4.98 Å². The third-order valence-electron chi connectivity index (χ3n) is 7.35. The number of benzene rings is 3. The number of imidazole rings is 1. The Morgan fingerprint density at radius 2 is 1.60 bits per heavy atom. The Hall–Kier alpha value is -3.14. The van der Waals surface area contributed by atoms with Gasteiger partial charge in [-0.3, -0.25) is 0 Å². The highest BCUT2D eigenvalue weighted by Gasteiger charge is 2.23. The molecule has 0 aliphatic rings. The van der Waals surface area contributed by atoms with Crippen molar-refractivity contribution in [3.63, 3.8) is 0 Å². The molecule has 0 aliphatic heterocycles. The molecule has 1 heterocycles. The molecule has 246 valence electrons. The number of aryl methyl sites for hydroxylation is 2. The summed E-state index contributed by atoms with van der Waals surface area (Å²) in [5.41, 5.74) is 14.5. The Kier molecular flexibility index (Phi) is 18.4. The zero-order valence-electron chi connectivity index (χ0n) is 29.9. The van der Waals surface area contributed by atoms with Crippen LogP contribution >= 0.6 is 11.6 Å². The maximum Gasteiger partial charge on any atom is 0.109 e. The van der Waals surface area contributed by atoms with Crippen LogP contribution in [0.1, 0.15) is 116 Å². The Morgan fingerprint density at radius 3 is 2.16 bits per heavy atom. The van der Waals surface area contributed by atoms with E-state index in [9.17, 15) is 0 Å². The van der Waals surface area contributed by atoms with Gasteiger partial charge in [0.05, 0.1) is 16.3 Å². The SMILES string of the molecule is C=Cc1c(/C(=C\CC)CC)ccc2ccccc12.CC.CC.CCCCc1nc(CN)c(-c2ccccc2C)n1CC(C)(C)Cl. The first-order chi connectivity index (χ1) is 21.7. The smallest absolute Gasteiger partial charge is 0.109 e. The van der Waals surface area contributed by atoms with Gasteiger partial charge in [-0.1, -0.05) is 134 Å². The summed E-state index contributed by atoms with van der Waals surface area (Å²) in [7, 11) is 0. The van der Waals surface area contributed by atoms with Crippen LogP contribution in [0, 0.1) is 6.92 Å². The normalized spacial score (nSPS) is 11.1. The molecule has 2 N–H and O–H groups in total. The molecule has 4 rings (SSSR count). The molecule has 4 heteroatoms. The van der Waals surface area contributed by atoms with Crippen LogP contribution in [-0.2, 0) is 19.5 Å². The topological polar surface area (TPSA) is 43.8 Å². The molecule has 0 bridgehead atoms. The maximum atomic E-state index is 6.55. The van der Waals surface area contributed by atoms with Gasteiger partial charge >= 0.3 is 0 Å². The summed E-state index contributed by atoms with van der Waals surface area (Å²) in [5, 5.41) is 2.57. The quantitative estimate of drug-likeness (QED) is 0.168. The van der Waals surface area contributed by atoms with Crippen molar-refractivity contribution in [2.75, 3.05) is 0 Å². The summed E-state index contributed by atoms with van der Waals surface area (Å²) in [6.45, 7) is 26.0. The molecule has 3 nitrogen and oxygen atoms in total. The van der Waals surface area contributed by atoms with Crippen molar-refractivity contribution in [2.45, 2.75) is 119 Å². The van der Waals surface area contributed by atoms with Crippen LogP contribution in [0.15, 0.2) is 73.3 Å². The largest absolute Gasteiger partial charge is 0.326 e. The number of halogens is 1. The monoisotopic (exact) mass is 629 g/mol. The minimum absolute atomic E-state index is 0.328. The second-order valence-electron chi connectivity index (χ2n) is 11.2. The van der Waals surface area contributed by atoms with Crippen molar-refractivity contribution >= 4 is 34.0 Å². The Bertz CT molecular complexity index is 1470. The van der Waals surface area contributed by atoms with Crippen molar-refractivity contribution in [2.24, 2.45) is 5.73 Å². The average molecular weight is 630 g/mol. The Labute approximate surface area is 280 Å². The molecule has 0 amide bonds. The van der Waals surface area contributed by atoms with E-state index in [-0.39, 0.29) is 4.87 Å². The van der Waals surface area contributed by atoms with Gasteiger partial charge in [0.15, 0.2) is 0 Å². The van der Waals surface area contributed by atoms with Crippen LogP contribution in [0.2, 0.25) is 0 Å². The Balaban J connectivity index is 0.000000414. The number of nitrogens with zero attached hydrogens (tertiary/aromatic N) is 2. The van der Waals surface area contributed by atoms with Gasteiger partial charge in [0.2, 0.25) is 0 Å². The number of fused-ring (bicyclic) bond motifs is 1. The summed E-state index contributed by atoms with van der Waals surface area (Å²) in [4.78, 5) is 4.52.